The average Bonchev–Trinajstić information content (AvgIpc) is 2.44. The topological polar surface area (TPSA) is 3.24 Å². The van der Waals surface area contributed by atoms with Crippen molar-refractivity contribution < 1.29 is 0 Å². The molecule has 0 aliphatic carbocycles. The Morgan fingerprint density at radius 2 is 2.07 bits per heavy atom. The van der Waals surface area contributed by atoms with Gasteiger partial charge in [-0.05, 0) is 44.2 Å². The molecule has 0 aromatic heterocycles. The van der Waals surface area contributed by atoms with E-state index in [-0.39, 0.29) is 0 Å². The fourth-order valence-corrected chi connectivity index (χ4v) is 2.48. The maximum Gasteiger partial charge on any atom is 0.0163 e. The van der Waals surface area contributed by atoms with Crippen molar-refractivity contribution in [2.24, 2.45) is 11.8 Å². The molecule has 1 nitrogen and oxygen atoms in total. The van der Waals surface area contributed by atoms with Gasteiger partial charge in [0.05, 0.1) is 0 Å². The highest BCUT2D eigenvalue weighted by atomic mass is 32.1. The molecule has 2 heteroatoms. The molecule has 1 aliphatic rings. The Labute approximate surface area is 100 Å². The van der Waals surface area contributed by atoms with E-state index in [1.807, 2.05) is 0 Å². The molecule has 15 heavy (non-hydrogen) atoms. The normalized spacial score (nSPS) is 24.9. The summed E-state index contributed by atoms with van der Waals surface area (Å²) >= 11 is 4.18. The lowest BCUT2D eigenvalue weighted by molar-refractivity contribution is 0.295. The van der Waals surface area contributed by atoms with Crippen LogP contribution in [0.5, 0.6) is 0 Å². The number of thiol groups is 1. The van der Waals surface area contributed by atoms with Crippen molar-refractivity contribution in [2.45, 2.75) is 33.1 Å². The minimum absolute atomic E-state index is 0.859. The number of hydrogen-bond acceptors (Lipinski definition) is 2. The maximum absolute atomic E-state index is 4.18. The third kappa shape index (κ3) is 5.07. The summed E-state index contributed by atoms with van der Waals surface area (Å²) in [4.78, 5) is 2.57. The average molecular weight is 227 g/mol. The largest absolute Gasteiger partial charge is 0.300 e. The van der Waals surface area contributed by atoms with Gasteiger partial charge in [-0.3, -0.25) is 4.90 Å². The Balaban J connectivity index is 2.29. The molecule has 1 saturated heterocycles. The van der Waals surface area contributed by atoms with Crippen molar-refractivity contribution >= 4 is 12.6 Å². The molecule has 0 amide bonds. The second-order valence-electron chi connectivity index (χ2n) is 4.89. The lowest BCUT2D eigenvalue weighted by atomic mass is 9.89. The fourth-order valence-electron chi connectivity index (χ4n) is 2.33. The van der Waals surface area contributed by atoms with Crippen molar-refractivity contribution in [1.82, 2.24) is 4.90 Å². The van der Waals surface area contributed by atoms with E-state index in [1.54, 1.807) is 0 Å². The molecule has 1 unspecified atom stereocenters. The molecule has 0 radical (unpaired) electrons. The van der Waals surface area contributed by atoms with Crippen LogP contribution >= 0.6 is 12.6 Å². The minimum Gasteiger partial charge on any atom is -0.300 e. The van der Waals surface area contributed by atoms with Gasteiger partial charge >= 0.3 is 0 Å². The Bertz CT molecular complexity index is 189. The zero-order valence-electron chi connectivity index (χ0n) is 10.2. The molecule has 0 aromatic carbocycles. The van der Waals surface area contributed by atoms with Gasteiger partial charge in [-0.25, -0.2) is 0 Å². The molecular weight excluding hydrogens is 202 g/mol. The number of likely N-dealkylation sites (tertiary alicyclic amines) is 1. The Kier molecular flexibility index (Phi) is 6.42. The summed E-state index contributed by atoms with van der Waals surface area (Å²) in [5.74, 6) is 2.67. The van der Waals surface area contributed by atoms with Crippen molar-refractivity contribution in [3.8, 4) is 0 Å². The monoisotopic (exact) mass is 227 g/mol. The molecule has 0 N–H and O–H groups in total. The first-order chi connectivity index (χ1) is 7.24. The lowest BCUT2D eigenvalue weighted by Crippen LogP contribution is -2.25. The standard InChI is InChI=1S/C13H25NS/c1-12(2)13-6-5-9-14(10-7-13)8-3-4-11-15/h3-4,12-13,15H,5-11H2,1-2H3. The Morgan fingerprint density at radius 3 is 2.73 bits per heavy atom. The third-order valence-electron chi connectivity index (χ3n) is 3.44. The summed E-state index contributed by atoms with van der Waals surface area (Å²) in [6.07, 6.45) is 8.57. The highest BCUT2D eigenvalue weighted by molar-refractivity contribution is 7.80. The summed E-state index contributed by atoms with van der Waals surface area (Å²) in [6.45, 7) is 8.40. The van der Waals surface area contributed by atoms with Gasteiger partial charge in [0.1, 0.15) is 0 Å². The van der Waals surface area contributed by atoms with Crippen LogP contribution in [0.3, 0.4) is 0 Å². The minimum atomic E-state index is 0.859. The van der Waals surface area contributed by atoms with E-state index in [0.29, 0.717) is 0 Å². The van der Waals surface area contributed by atoms with E-state index in [9.17, 15) is 0 Å². The molecule has 1 fully saturated rings. The fraction of sp³-hybridized carbons (Fsp3) is 0.846. The van der Waals surface area contributed by atoms with E-state index < -0.39 is 0 Å². The molecule has 1 rings (SSSR count). The van der Waals surface area contributed by atoms with Crippen LogP contribution in [0.4, 0.5) is 0 Å². The van der Waals surface area contributed by atoms with Crippen molar-refractivity contribution in [1.29, 1.82) is 0 Å². The molecule has 0 spiro atoms. The van der Waals surface area contributed by atoms with Gasteiger partial charge in [0, 0.05) is 12.3 Å². The van der Waals surface area contributed by atoms with Gasteiger partial charge < -0.3 is 0 Å². The SMILES string of the molecule is CC(C)C1CCCN(CC=CCS)CC1. The predicted octanol–water partition coefficient (Wildman–Crippen LogP) is 3.23. The van der Waals surface area contributed by atoms with Gasteiger partial charge in [0.15, 0.2) is 0 Å². The van der Waals surface area contributed by atoms with Crippen molar-refractivity contribution in [3.05, 3.63) is 12.2 Å². The Hall–Kier alpha value is 0.0500. The van der Waals surface area contributed by atoms with Gasteiger partial charge in [0.25, 0.3) is 0 Å². The van der Waals surface area contributed by atoms with Crippen LogP contribution in [0, 0.1) is 11.8 Å². The Morgan fingerprint density at radius 1 is 1.27 bits per heavy atom. The first-order valence-electron chi connectivity index (χ1n) is 6.22. The summed E-state index contributed by atoms with van der Waals surface area (Å²) in [5, 5.41) is 0. The maximum atomic E-state index is 4.18. The van der Waals surface area contributed by atoms with E-state index in [1.165, 1.54) is 32.4 Å². The van der Waals surface area contributed by atoms with Gasteiger partial charge in [-0.2, -0.15) is 12.6 Å². The van der Waals surface area contributed by atoms with Crippen molar-refractivity contribution in [3.63, 3.8) is 0 Å². The molecule has 1 atom stereocenters. The van der Waals surface area contributed by atoms with Crippen LogP contribution in [-0.4, -0.2) is 30.3 Å². The molecule has 0 bridgehead atoms. The highest BCUT2D eigenvalue weighted by Gasteiger charge is 2.18. The lowest BCUT2D eigenvalue weighted by Gasteiger charge is -2.19. The number of rotatable bonds is 4. The van der Waals surface area contributed by atoms with Crippen LogP contribution < -0.4 is 0 Å². The summed E-state index contributed by atoms with van der Waals surface area (Å²) in [5.41, 5.74) is 0. The first kappa shape index (κ1) is 13.1. The van der Waals surface area contributed by atoms with Crippen LogP contribution in [0.15, 0.2) is 12.2 Å². The van der Waals surface area contributed by atoms with Crippen LogP contribution in [-0.2, 0) is 0 Å². The summed E-state index contributed by atoms with van der Waals surface area (Å²) < 4.78 is 0. The van der Waals surface area contributed by atoms with E-state index >= 15 is 0 Å². The smallest absolute Gasteiger partial charge is 0.0163 e. The molecule has 1 heterocycles. The zero-order chi connectivity index (χ0) is 11.1. The molecule has 88 valence electrons. The van der Waals surface area contributed by atoms with Crippen molar-refractivity contribution in [2.75, 3.05) is 25.4 Å². The van der Waals surface area contributed by atoms with E-state index in [0.717, 1.165) is 24.1 Å². The summed E-state index contributed by atoms with van der Waals surface area (Å²) in [6, 6.07) is 0. The highest BCUT2D eigenvalue weighted by Crippen LogP contribution is 2.24. The third-order valence-corrected chi connectivity index (χ3v) is 3.65. The van der Waals surface area contributed by atoms with Crippen LogP contribution in [0.1, 0.15) is 33.1 Å². The van der Waals surface area contributed by atoms with Gasteiger partial charge in [0.2, 0.25) is 0 Å². The molecule has 0 saturated carbocycles. The summed E-state index contributed by atoms with van der Waals surface area (Å²) in [7, 11) is 0. The van der Waals surface area contributed by atoms with E-state index in [2.05, 4.69) is 43.5 Å². The number of nitrogens with zero attached hydrogens (tertiary/aromatic N) is 1. The molecule has 1 aliphatic heterocycles. The van der Waals surface area contributed by atoms with E-state index in [4.69, 9.17) is 0 Å². The second kappa shape index (κ2) is 7.34. The predicted molar refractivity (Wildman–Crippen MR) is 71.6 cm³/mol. The van der Waals surface area contributed by atoms with Gasteiger partial charge in [-0.15, -0.1) is 0 Å². The van der Waals surface area contributed by atoms with Crippen LogP contribution in [0.2, 0.25) is 0 Å². The van der Waals surface area contributed by atoms with Gasteiger partial charge in [-0.1, -0.05) is 26.0 Å². The second-order valence-corrected chi connectivity index (χ2v) is 5.25. The molecule has 0 aromatic rings. The zero-order valence-corrected chi connectivity index (χ0v) is 11.0. The number of hydrogen-bond donors (Lipinski definition) is 1. The van der Waals surface area contributed by atoms with Crippen LogP contribution in [0.25, 0.3) is 0 Å². The molecular formula is C13H25NS. The quantitative estimate of drug-likeness (QED) is 0.570. The first-order valence-corrected chi connectivity index (χ1v) is 6.85.